The van der Waals surface area contributed by atoms with Gasteiger partial charge in [-0.1, -0.05) is 31.5 Å². The van der Waals surface area contributed by atoms with Crippen molar-refractivity contribution in [2.45, 2.75) is 19.8 Å². The number of Topliss-reactive ketones (excluding diaryl/α,β-unsaturated/α-hetero) is 1. The Kier molecular flexibility index (Phi) is 3.38. The number of para-hydroxylation sites is 1. The monoisotopic (exact) mass is 257 g/mol. The van der Waals surface area contributed by atoms with Crippen LogP contribution in [0.2, 0.25) is 0 Å². The molecule has 19 heavy (non-hydrogen) atoms. The van der Waals surface area contributed by atoms with Gasteiger partial charge < -0.3 is 4.42 Å². The van der Waals surface area contributed by atoms with Gasteiger partial charge >= 0.3 is 0 Å². The number of furan rings is 1. The van der Waals surface area contributed by atoms with Crippen molar-refractivity contribution in [2.24, 2.45) is 5.92 Å². The second-order valence-corrected chi connectivity index (χ2v) is 5.37. The van der Waals surface area contributed by atoms with Crippen molar-refractivity contribution in [1.29, 1.82) is 0 Å². The number of rotatable bonds is 4. The first-order chi connectivity index (χ1) is 9.28. The van der Waals surface area contributed by atoms with Crippen LogP contribution in [0.4, 0.5) is 0 Å². The van der Waals surface area contributed by atoms with Crippen LogP contribution in [0.1, 0.15) is 30.1 Å². The van der Waals surface area contributed by atoms with E-state index in [0.29, 0.717) is 6.54 Å². The van der Waals surface area contributed by atoms with Crippen LogP contribution in [0, 0.1) is 5.92 Å². The predicted molar refractivity (Wildman–Crippen MR) is 75.4 cm³/mol. The molecular weight excluding hydrogens is 238 g/mol. The normalized spacial score (nSPS) is 20.2. The maximum absolute atomic E-state index is 12.4. The number of carbonyl (C=O) groups is 1. The van der Waals surface area contributed by atoms with Gasteiger partial charge in [-0.15, -0.1) is 0 Å². The zero-order valence-electron chi connectivity index (χ0n) is 11.3. The fraction of sp³-hybridized carbons (Fsp3) is 0.438. The summed E-state index contributed by atoms with van der Waals surface area (Å²) in [7, 11) is 0. The topological polar surface area (TPSA) is 33.5 Å². The SMILES string of the molecule is CCC1CCN(CC(=O)c2coc3ccccc23)C1. The first-order valence-corrected chi connectivity index (χ1v) is 6.99. The van der Waals surface area contributed by atoms with Crippen molar-refractivity contribution >= 4 is 16.8 Å². The van der Waals surface area contributed by atoms with Crippen LogP contribution in [-0.2, 0) is 0 Å². The number of hydrogen-bond acceptors (Lipinski definition) is 3. The molecule has 0 spiro atoms. The number of ketones is 1. The summed E-state index contributed by atoms with van der Waals surface area (Å²) < 4.78 is 5.44. The highest BCUT2D eigenvalue weighted by Gasteiger charge is 2.24. The van der Waals surface area contributed by atoms with Gasteiger partial charge in [0.25, 0.3) is 0 Å². The van der Waals surface area contributed by atoms with Crippen LogP contribution < -0.4 is 0 Å². The van der Waals surface area contributed by atoms with E-state index >= 15 is 0 Å². The molecule has 0 radical (unpaired) electrons. The largest absolute Gasteiger partial charge is 0.464 e. The number of fused-ring (bicyclic) bond motifs is 1. The van der Waals surface area contributed by atoms with Crippen molar-refractivity contribution in [3.8, 4) is 0 Å². The van der Waals surface area contributed by atoms with E-state index < -0.39 is 0 Å². The standard InChI is InChI=1S/C16H19NO2/c1-2-12-7-8-17(9-12)10-15(18)14-11-19-16-6-4-3-5-13(14)16/h3-6,11-12H,2,7-10H2,1H3. The zero-order chi connectivity index (χ0) is 13.2. The lowest BCUT2D eigenvalue weighted by Gasteiger charge is -2.13. The summed E-state index contributed by atoms with van der Waals surface area (Å²) >= 11 is 0. The number of hydrogen-bond donors (Lipinski definition) is 0. The highest BCUT2D eigenvalue weighted by atomic mass is 16.3. The molecule has 2 aromatic rings. The average Bonchev–Trinajstić information content (AvgIpc) is 3.04. The Bertz CT molecular complexity index is 587. The molecule has 3 rings (SSSR count). The van der Waals surface area contributed by atoms with Gasteiger partial charge in [-0.3, -0.25) is 9.69 Å². The van der Waals surface area contributed by atoms with E-state index in [1.54, 1.807) is 6.26 Å². The molecule has 1 saturated heterocycles. The first-order valence-electron chi connectivity index (χ1n) is 6.99. The minimum atomic E-state index is 0.168. The van der Waals surface area contributed by atoms with Crippen LogP contribution in [0.25, 0.3) is 11.0 Å². The van der Waals surface area contributed by atoms with Crippen molar-refractivity contribution < 1.29 is 9.21 Å². The fourth-order valence-corrected chi connectivity index (χ4v) is 2.87. The summed E-state index contributed by atoms with van der Waals surface area (Å²) in [4.78, 5) is 14.6. The minimum absolute atomic E-state index is 0.168. The van der Waals surface area contributed by atoms with E-state index in [-0.39, 0.29) is 5.78 Å². The average molecular weight is 257 g/mol. The smallest absolute Gasteiger partial charge is 0.180 e. The maximum atomic E-state index is 12.4. The number of nitrogens with zero attached hydrogens (tertiary/aromatic N) is 1. The molecule has 1 aromatic heterocycles. The first kappa shape index (κ1) is 12.4. The quantitative estimate of drug-likeness (QED) is 0.788. The van der Waals surface area contributed by atoms with Crippen molar-refractivity contribution in [2.75, 3.05) is 19.6 Å². The zero-order valence-corrected chi connectivity index (χ0v) is 11.3. The van der Waals surface area contributed by atoms with Crippen LogP contribution in [0.5, 0.6) is 0 Å². The Hall–Kier alpha value is -1.61. The molecule has 0 saturated carbocycles. The fourth-order valence-electron chi connectivity index (χ4n) is 2.87. The molecule has 0 bridgehead atoms. The molecule has 1 fully saturated rings. The van der Waals surface area contributed by atoms with Gasteiger partial charge in [-0.25, -0.2) is 0 Å². The van der Waals surface area contributed by atoms with E-state index in [1.165, 1.54) is 12.8 Å². The van der Waals surface area contributed by atoms with Crippen molar-refractivity contribution in [3.05, 3.63) is 36.1 Å². The van der Waals surface area contributed by atoms with E-state index in [2.05, 4.69) is 11.8 Å². The molecule has 0 N–H and O–H groups in total. The molecule has 0 amide bonds. The lowest BCUT2D eigenvalue weighted by molar-refractivity contribution is 0.0944. The molecule has 3 heteroatoms. The summed E-state index contributed by atoms with van der Waals surface area (Å²) in [5.74, 6) is 0.926. The molecule has 0 aliphatic carbocycles. The molecule has 2 heterocycles. The Morgan fingerprint density at radius 3 is 3.05 bits per heavy atom. The van der Waals surface area contributed by atoms with Gasteiger partial charge in [-0.2, -0.15) is 0 Å². The Labute approximate surface area is 113 Å². The van der Waals surface area contributed by atoms with Gasteiger partial charge in [0.1, 0.15) is 11.8 Å². The highest BCUT2D eigenvalue weighted by Crippen LogP contribution is 2.23. The third-order valence-corrected chi connectivity index (χ3v) is 4.10. The van der Waals surface area contributed by atoms with Crippen LogP contribution in [-0.4, -0.2) is 30.3 Å². The molecule has 1 atom stereocenters. The third-order valence-electron chi connectivity index (χ3n) is 4.10. The number of benzene rings is 1. The molecule has 1 aromatic carbocycles. The van der Waals surface area contributed by atoms with Crippen molar-refractivity contribution in [3.63, 3.8) is 0 Å². The molecular formula is C16H19NO2. The minimum Gasteiger partial charge on any atom is -0.464 e. The number of carbonyl (C=O) groups excluding carboxylic acids is 1. The Morgan fingerprint density at radius 2 is 2.26 bits per heavy atom. The van der Waals surface area contributed by atoms with Crippen LogP contribution >= 0.6 is 0 Å². The van der Waals surface area contributed by atoms with Gasteiger partial charge in [-0.05, 0) is 24.9 Å². The van der Waals surface area contributed by atoms with Crippen molar-refractivity contribution in [1.82, 2.24) is 4.90 Å². The van der Waals surface area contributed by atoms with Crippen LogP contribution in [0.15, 0.2) is 34.9 Å². The third kappa shape index (κ3) is 2.43. The molecule has 1 unspecified atom stereocenters. The van der Waals surface area contributed by atoms with Gasteiger partial charge in [0.2, 0.25) is 0 Å². The summed E-state index contributed by atoms with van der Waals surface area (Å²) in [6.07, 6.45) is 4.02. The molecule has 1 aliphatic rings. The predicted octanol–water partition coefficient (Wildman–Crippen LogP) is 3.35. The molecule has 100 valence electrons. The maximum Gasteiger partial charge on any atom is 0.180 e. The number of likely N-dealkylation sites (tertiary alicyclic amines) is 1. The summed E-state index contributed by atoms with van der Waals surface area (Å²) in [6.45, 7) is 4.83. The lowest BCUT2D eigenvalue weighted by Crippen LogP contribution is -2.27. The van der Waals surface area contributed by atoms with E-state index in [0.717, 1.165) is 35.5 Å². The van der Waals surface area contributed by atoms with Gasteiger partial charge in [0.05, 0.1) is 12.1 Å². The second kappa shape index (κ2) is 5.17. The molecule has 1 aliphatic heterocycles. The van der Waals surface area contributed by atoms with Crippen LogP contribution in [0.3, 0.4) is 0 Å². The highest BCUT2D eigenvalue weighted by molar-refractivity contribution is 6.08. The summed E-state index contributed by atoms with van der Waals surface area (Å²) in [5.41, 5.74) is 1.51. The van der Waals surface area contributed by atoms with E-state index in [1.807, 2.05) is 24.3 Å². The summed E-state index contributed by atoms with van der Waals surface area (Å²) in [5, 5.41) is 0.929. The Balaban J connectivity index is 1.74. The Morgan fingerprint density at radius 1 is 1.42 bits per heavy atom. The second-order valence-electron chi connectivity index (χ2n) is 5.37. The van der Waals surface area contributed by atoms with E-state index in [4.69, 9.17) is 4.42 Å². The van der Waals surface area contributed by atoms with E-state index in [9.17, 15) is 4.79 Å². The van der Waals surface area contributed by atoms with Gasteiger partial charge in [0, 0.05) is 11.9 Å². The lowest BCUT2D eigenvalue weighted by atomic mass is 10.1. The molecule has 3 nitrogen and oxygen atoms in total. The summed E-state index contributed by atoms with van der Waals surface area (Å²) in [6, 6.07) is 7.71. The van der Waals surface area contributed by atoms with Gasteiger partial charge in [0.15, 0.2) is 5.78 Å².